The van der Waals surface area contributed by atoms with Gasteiger partial charge >= 0.3 is 0 Å². The van der Waals surface area contributed by atoms with Crippen LogP contribution in [0.2, 0.25) is 0 Å². The Kier molecular flexibility index (Phi) is 9.44. The quantitative estimate of drug-likeness (QED) is 0.342. The van der Waals surface area contributed by atoms with Gasteiger partial charge in [-0.2, -0.15) is 4.31 Å². The average molecular weight is 590 g/mol. The predicted octanol–water partition coefficient (Wildman–Crippen LogP) is 3.70. The molecule has 1 amide bonds. The second-order valence-corrected chi connectivity index (χ2v) is 13.2. The second-order valence-electron chi connectivity index (χ2n) is 9.44. The summed E-state index contributed by atoms with van der Waals surface area (Å²) < 4.78 is 73.7. The number of anilines is 1. The highest BCUT2D eigenvalue weighted by Gasteiger charge is 2.28. The van der Waals surface area contributed by atoms with Gasteiger partial charge < -0.3 is 10.1 Å². The van der Waals surface area contributed by atoms with Crippen molar-refractivity contribution in [3.05, 3.63) is 84.2 Å². The smallest absolute Gasteiger partial charge is 0.264 e. The Balaban J connectivity index is 1.35. The minimum atomic E-state index is -4.15. The van der Waals surface area contributed by atoms with Crippen molar-refractivity contribution in [3.63, 3.8) is 0 Å². The maximum absolute atomic E-state index is 13.4. The number of nitrogens with zero attached hydrogens (tertiary/aromatic N) is 2. The number of hydrogen-bond donors (Lipinski definition) is 1. The molecule has 1 heterocycles. The zero-order chi connectivity index (χ0) is 28.8. The molecule has 4 rings (SSSR count). The number of aryl methyl sites for hydroxylation is 1. The van der Waals surface area contributed by atoms with E-state index in [0.717, 1.165) is 53.4 Å². The number of benzene rings is 3. The highest BCUT2D eigenvalue weighted by atomic mass is 32.2. The lowest BCUT2D eigenvalue weighted by molar-refractivity contribution is -0.119. The first-order valence-electron chi connectivity index (χ1n) is 12.9. The number of hydrogen-bond acceptors (Lipinski definition) is 6. The van der Waals surface area contributed by atoms with Crippen LogP contribution in [0.5, 0.6) is 5.75 Å². The molecule has 9 nitrogen and oxygen atoms in total. The van der Waals surface area contributed by atoms with Gasteiger partial charge in [0, 0.05) is 13.1 Å². The fourth-order valence-electron chi connectivity index (χ4n) is 4.27. The monoisotopic (exact) mass is 589 g/mol. The maximum atomic E-state index is 13.4. The Labute approximate surface area is 234 Å². The van der Waals surface area contributed by atoms with Crippen molar-refractivity contribution in [3.8, 4) is 5.75 Å². The Bertz CT molecular complexity index is 1510. The van der Waals surface area contributed by atoms with Gasteiger partial charge in [0.05, 0.1) is 22.0 Å². The van der Waals surface area contributed by atoms with Crippen molar-refractivity contribution >= 4 is 31.6 Å². The van der Waals surface area contributed by atoms with Crippen LogP contribution in [0.4, 0.5) is 10.1 Å². The van der Waals surface area contributed by atoms with E-state index in [0.29, 0.717) is 24.5 Å². The Hall–Kier alpha value is -3.48. The van der Waals surface area contributed by atoms with E-state index in [1.54, 1.807) is 36.4 Å². The summed E-state index contributed by atoms with van der Waals surface area (Å²) in [6.07, 6.45) is 2.74. The van der Waals surface area contributed by atoms with E-state index in [9.17, 15) is 26.0 Å². The van der Waals surface area contributed by atoms with E-state index in [4.69, 9.17) is 4.74 Å². The van der Waals surface area contributed by atoms with Gasteiger partial charge in [-0.05, 0) is 80.4 Å². The lowest BCUT2D eigenvalue weighted by Crippen LogP contribution is -2.41. The maximum Gasteiger partial charge on any atom is 0.264 e. The largest absolute Gasteiger partial charge is 0.492 e. The average Bonchev–Trinajstić information content (AvgIpc) is 2.95. The highest BCUT2D eigenvalue weighted by molar-refractivity contribution is 7.92. The van der Waals surface area contributed by atoms with Gasteiger partial charge in [0.15, 0.2) is 0 Å². The molecule has 1 aliphatic rings. The van der Waals surface area contributed by atoms with Crippen LogP contribution in [0, 0.1) is 12.7 Å². The zero-order valence-corrected chi connectivity index (χ0v) is 23.8. The first kappa shape index (κ1) is 29.5. The molecule has 1 N–H and O–H groups in total. The molecule has 0 atom stereocenters. The van der Waals surface area contributed by atoms with Crippen molar-refractivity contribution in [2.24, 2.45) is 0 Å². The van der Waals surface area contributed by atoms with Gasteiger partial charge in [-0.15, -0.1) is 0 Å². The summed E-state index contributed by atoms with van der Waals surface area (Å²) in [4.78, 5) is 12.8. The molecular formula is C28H32FN3O6S2. The number of amides is 1. The molecule has 1 fully saturated rings. The minimum Gasteiger partial charge on any atom is -0.492 e. The summed E-state index contributed by atoms with van der Waals surface area (Å²) >= 11 is 0. The molecule has 0 unspecified atom stereocenters. The van der Waals surface area contributed by atoms with Gasteiger partial charge in [-0.25, -0.2) is 21.2 Å². The topological polar surface area (TPSA) is 113 Å². The molecule has 0 spiro atoms. The normalized spacial score (nSPS) is 14.4. The summed E-state index contributed by atoms with van der Waals surface area (Å²) in [7, 11) is -7.69. The first-order chi connectivity index (χ1) is 19.1. The molecule has 40 heavy (non-hydrogen) atoms. The number of carbonyl (C=O) groups is 1. The van der Waals surface area contributed by atoms with E-state index < -0.39 is 38.3 Å². The van der Waals surface area contributed by atoms with Crippen LogP contribution in [0.15, 0.2) is 82.6 Å². The standard InChI is InChI=1S/C28H32FN3O6S2/c1-22-5-9-24(10-6-22)32(40(36,37)27-13-7-23(29)8-14-27)21-28(33)30-17-20-38-25-11-15-26(16-12-25)39(34,35)31-18-3-2-4-19-31/h5-16H,2-4,17-21H2,1H3,(H,30,33). The van der Waals surface area contributed by atoms with Crippen LogP contribution in [0.25, 0.3) is 0 Å². The molecule has 0 saturated carbocycles. The van der Waals surface area contributed by atoms with Gasteiger partial charge in [-0.3, -0.25) is 9.10 Å². The van der Waals surface area contributed by atoms with Gasteiger partial charge in [0.25, 0.3) is 10.0 Å². The number of ether oxygens (including phenoxy) is 1. The lowest BCUT2D eigenvalue weighted by atomic mass is 10.2. The number of carbonyl (C=O) groups excluding carboxylic acids is 1. The fraction of sp³-hybridized carbons (Fsp3) is 0.321. The van der Waals surface area contributed by atoms with Crippen molar-refractivity contribution < 1.29 is 30.8 Å². The molecule has 1 aliphatic heterocycles. The van der Waals surface area contributed by atoms with Crippen LogP contribution >= 0.6 is 0 Å². The Morgan fingerprint density at radius 2 is 1.48 bits per heavy atom. The van der Waals surface area contributed by atoms with Gasteiger partial charge in [-0.1, -0.05) is 24.1 Å². The fourth-order valence-corrected chi connectivity index (χ4v) is 7.21. The van der Waals surface area contributed by atoms with Crippen molar-refractivity contribution in [1.82, 2.24) is 9.62 Å². The molecule has 0 bridgehead atoms. The molecule has 3 aromatic carbocycles. The van der Waals surface area contributed by atoms with E-state index in [-0.39, 0.29) is 22.9 Å². The molecule has 214 valence electrons. The van der Waals surface area contributed by atoms with Crippen LogP contribution in [-0.2, 0) is 24.8 Å². The Morgan fingerprint density at radius 1 is 0.875 bits per heavy atom. The number of sulfonamides is 2. The zero-order valence-electron chi connectivity index (χ0n) is 22.1. The molecule has 0 aromatic heterocycles. The van der Waals surface area contributed by atoms with Crippen LogP contribution < -0.4 is 14.4 Å². The Morgan fingerprint density at radius 3 is 2.10 bits per heavy atom. The molecule has 1 saturated heterocycles. The number of nitrogens with one attached hydrogen (secondary N) is 1. The summed E-state index contributed by atoms with van der Waals surface area (Å²) in [5.74, 6) is -0.693. The molecular weight excluding hydrogens is 557 g/mol. The minimum absolute atomic E-state index is 0.0825. The number of rotatable bonds is 11. The van der Waals surface area contributed by atoms with Crippen LogP contribution in [-0.4, -0.2) is 59.8 Å². The van der Waals surface area contributed by atoms with Crippen LogP contribution in [0.1, 0.15) is 24.8 Å². The van der Waals surface area contributed by atoms with Crippen molar-refractivity contribution in [1.29, 1.82) is 0 Å². The SMILES string of the molecule is Cc1ccc(N(CC(=O)NCCOc2ccc(S(=O)(=O)N3CCCCC3)cc2)S(=O)(=O)c2ccc(F)cc2)cc1. The summed E-state index contributed by atoms with van der Waals surface area (Å²) in [6.45, 7) is 2.58. The van der Waals surface area contributed by atoms with Crippen molar-refractivity contribution in [2.45, 2.75) is 36.0 Å². The van der Waals surface area contributed by atoms with E-state index in [1.165, 1.54) is 16.4 Å². The molecule has 0 aliphatic carbocycles. The number of piperidine rings is 1. The third kappa shape index (κ3) is 7.18. The third-order valence-corrected chi connectivity index (χ3v) is 10.2. The summed E-state index contributed by atoms with van der Waals surface area (Å²) in [5.41, 5.74) is 1.21. The summed E-state index contributed by atoms with van der Waals surface area (Å²) in [5, 5.41) is 2.64. The first-order valence-corrected chi connectivity index (χ1v) is 15.8. The lowest BCUT2D eigenvalue weighted by Gasteiger charge is -2.25. The van der Waals surface area contributed by atoms with Crippen molar-refractivity contribution in [2.75, 3.05) is 37.1 Å². The number of halogens is 1. The highest BCUT2D eigenvalue weighted by Crippen LogP contribution is 2.25. The van der Waals surface area contributed by atoms with E-state index in [1.807, 2.05) is 6.92 Å². The third-order valence-electron chi connectivity index (χ3n) is 6.48. The van der Waals surface area contributed by atoms with E-state index >= 15 is 0 Å². The molecule has 3 aromatic rings. The van der Waals surface area contributed by atoms with Crippen LogP contribution in [0.3, 0.4) is 0 Å². The predicted molar refractivity (Wildman–Crippen MR) is 150 cm³/mol. The second kappa shape index (κ2) is 12.8. The summed E-state index contributed by atoms with van der Waals surface area (Å²) in [6, 6.07) is 17.2. The molecule has 0 radical (unpaired) electrons. The van der Waals surface area contributed by atoms with Gasteiger partial charge in [0.1, 0.15) is 24.7 Å². The van der Waals surface area contributed by atoms with E-state index in [2.05, 4.69) is 5.32 Å². The molecule has 12 heteroatoms. The van der Waals surface area contributed by atoms with Gasteiger partial charge in [0.2, 0.25) is 15.9 Å².